The van der Waals surface area contributed by atoms with Crippen LogP contribution in [-0.4, -0.2) is 69.3 Å². The number of nitrogens with zero attached hydrogens (tertiary/aromatic N) is 4. The fourth-order valence-electron chi connectivity index (χ4n) is 5.85. The van der Waals surface area contributed by atoms with Crippen molar-refractivity contribution in [2.75, 3.05) is 19.8 Å². The molecule has 0 spiro atoms. The van der Waals surface area contributed by atoms with Crippen LogP contribution in [0.5, 0.6) is 0 Å². The number of carbonyl (C=O) groups excluding carboxylic acids is 3. The van der Waals surface area contributed by atoms with E-state index in [1.807, 2.05) is 6.07 Å². The van der Waals surface area contributed by atoms with Gasteiger partial charge in [0.2, 0.25) is 0 Å². The third-order valence-corrected chi connectivity index (χ3v) is 10.2. The van der Waals surface area contributed by atoms with Crippen molar-refractivity contribution in [3.05, 3.63) is 149 Å². The average Bonchev–Trinajstić information content (AvgIpc) is 3.73. The third kappa shape index (κ3) is 11.8. The molecule has 2 heterocycles. The molecule has 5 rings (SSSR count). The molecule has 16 heteroatoms. The van der Waals surface area contributed by atoms with E-state index in [0.29, 0.717) is 11.6 Å². The summed E-state index contributed by atoms with van der Waals surface area (Å²) in [5.74, 6) is -4.54. The van der Waals surface area contributed by atoms with Crippen molar-refractivity contribution in [2.45, 2.75) is 55.3 Å². The van der Waals surface area contributed by atoms with Gasteiger partial charge in [-0.3, -0.25) is 9.59 Å². The zero-order valence-corrected chi connectivity index (χ0v) is 32.1. The number of nitriles is 1. The number of esters is 3. The van der Waals surface area contributed by atoms with E-state index in [0.717, 1.165) is 12.1 Å². The van der Waals surface area contributed by atoms with Crippen LogP contribution < -0.4 is 0 Å². The molecule has 0 bridgehead atoms. The summed E-state index contributed by atoms with van der Waals surface area (Å²) >= 11 is 1.29. The molecule has 0 radical (unpaired) electrons. The van der Waals surface area contributed by atoms with Gasteiger partial charge >= 0.3 is 17.9 Å². The number of allylic oxidation sites excluding steroid dienone is 2. The van der Waals surface area contributed by atoms with Gasteiger partial charge in [0.15, 0.2) is 11.9 Å². The van der Waals surface area contributed by atoms with Gasteiger partial charge in [-0.2, -0.15) is 10.4 Å². The minimum Gasteiger partial charge on any atom is -0.461 e. The lowest BCUT2D eigenvalue weighted by molar-refractivity contribution is -0.150. The number of rotatable bonds is 18. The molecule has 0 amide bonds. The number of ether oxygens (including phenoxy) is 5. The minimum atomic E-state index is -1.84. The van der Waals surface area contributed by atoms with Crippen molar-refractivity contribution in [1.82, 2.24) is 14.8 Å². The predicted octanol–water partition coefficient (Wildman–Crippen LogP) is 7.00. The Labute approximate surface area is 336 Å². The van der Waals surface area contributed by atoms with Crippen LogP contribution in [0.25, 0.3) is 6.08 Å². The lowest BCUT2D eigenvalue weighted by atomic mass is 9.89. The van der Waals surface area contributed by atoms with Crippen molar-refractivity contribution >= 4 is 35.7 Å². The number of carbonyl (C=O) groups is 3. The van der Waals surface area contributed by atoms with Gasteiger partial charge in [-0.15, -0.1) is 11.8 Å². The van der Waals surface area contributed by atoms with Gasteiger partial charge in [0, 0.05) is 28.0 Å². The van der Waals surface area contributed by atoms with Crippen molar-refractivity contribution in [3.63, 3.8) is 0 Å². The Bertz CT molecular complexity index is 2170. The van der Waals surface area contributed by atoms with Crippen LogP contribution in [0.3, 0.4) is 0 Å². The second-order valence-electron chi connectivity index (χ2n) is 12.8. The Morgan fingerprint density at radius 2 is 1.79 bits per heavy atom. The van der Waals surface area contributed by atoms with Crippen molar-refractivity contribution in [2.24, 2.45) is 0 Å². The molecule has 3 aromatic carbocycles. The predicted molar refractivity (Wildman–Crippen MR) is 206 cm³/mol. The van der Waals surface area contributed by atoms with Crippen LogP contribution in [0.4, 0.5) is 13.2 Å². The molecule has 58 heavy (non-hydrogen) atoms. The maximum atomic E-state index is 15.9. The molecule has 2 atom stereocenters. The molecule has 1 saturated heterocycles. The largest absolute Gasteiger partial charge is 0.461 e. The van der Waals surface area contributed by atoms with Gasteiger partial charge in [-0.1, -0.05) is 55.1 Å². The van der Waals surface area contributed by atoms with Gasteiger partial charge in [-0.25, -0.2) is 27.6 Å². The highest BCUT2D eigenvalue weighted by molar-refractivity contribution is 8.00. The summed E-state index contributed by atoms with van der Waals surface area (Å²) < 4.78 is 74.3. The van der Waals surface area contributed by atoms with E-state index < -0.39 is 52.5 Å². The van der Waals surface area contributed by atoms with E-state index in [9.17, 15) is 23.2 Å². The van der Waals surface area contributed by atoms with Crippen LogP contribution in [0, 0.1) is 28.8 Å². The smallest absolute Gasteiger partial charge is 0.339 e. The minimum absolute atomic E-state index is 0.00747. The SMILES string of the molecule is C=CCOC(=O)CCC(=O)OCc1ccccc1C(=O)O[C@@](Cn1cncn1)(c1ccc(F)cc1F)[C@@H](C)SC1COC(/C=C/C=C/c2ccc(C#N)cc2F)OC1. The highest BCUT2D eigenvalue weighted by Gasteiger charge is 2.47. The summed E-state index contributed by atoms with van der Waals surface area (Å²) in [5.41, 5.74) is -1.17. The summed E-state index contributed by atoms with van der Waals surface area (Å²) in [5, 5.41) is 12.0. The summed E-state index contributed by atoms with van der Waals surface area (Å²) in [4.78, 5) is 42.5. The van der Waals surface area contributed by atoms with Crippen LogP contribution >= 0.6 is 11.8 Å². The van der Waals surface area contributed by atoms with Crippen molar-refractivity contribution in [1.29, 1.82) is 5.26 Å². The lowest BCUT2D eigenvalue weighted by Crippen LogP contribution is -2.47. The molecule has 0 N–H and O–H groups in total. The monoisotopic (exact) mass is 816 g/mol. The Morgan fingerprint density at radius 1 is 1.03 bits per heavy atom. The van der Waals surface area contributed by atoms with Crippen LogP contribution in [0.1, 0.15) is 52.4 Å². The van der Waals surface area contributed by atoms with E-state index in [4.69, 9.17) is 28.9 Å². The zero-order valence-electron chi connectivity index (χ0n) is 31.3. The molecule has 1 aromatic heterocycles. The number of aromatic nitrogens is 3. The second kappa shape index (κ2) is 20.9. The van der Waals surface area contributed by atoms with E-state index in [-0.39, 0.29) is 73.3 Å². The van der Waals surface area contributed by atoms with E-state index in [1.54, 1.807) is 49.4 Å². The van der Waals surface area contributed by atoms with Crippen LogP contribution in [0.15, 0.2) is 104 Å². The standard InChI is InChI=1S/C42H39F3N4O8S/c1-3-18-53-38(50)16-17-39(51)54-22-31-9-4-6-10-34(31)41(52)57-42(25-49-27-47-26-48-49,35-15-14-32(43)20-37(35)45)28(2)58-33-23-55-40(56-24-33)11-7-5-8-30-13-12-29(21-46)19-36(30)44/h3-15,19-20,26-28,33,40H,1,16-18,22-25H2,2H3/b8-5+,11-7+/t28-,33?,40?,42-/m1/s1. The van der Waals surface area contributed by atoms with Crippen LogP contribution in [-0.2, 0) is 52.0 Å². The molecule has 1 fully saturated rings. The average molecular weight is 817 g/mol. The number of benzene rings is 3. The molecule has 1 aliphatic heterocycles. The topological polar surface area (TPSA) is 152 Å². The summed E-state index contributed by atoms with van der Waals surface area (Å²) in [6.45, 7) is 4.98. The maximum Gasteiger partial charge on any atom is 0.339 e. The Kier molecular flexibility index (Phi) is 15.6. The highest BCUT2D eigenvalue weighted by atomic mass is 32.2. The highest BCUT2D eigenvalue weighted by Crippen LogP contribution is 2.42. The third-order valence-electron chi connectivity index (χ3n) is 8.78. The molecule has 12 nitrogen and oxygen atoms in total. The van der Waals surface area contributed by atoms with Gasteiger partial charge in [0.25, 0.3) is 0 Å². The lowest BCUT2D eigenvalue weighted by Gasteiger charge is -2.40. The first-order chi connectivity index (χ1) is 28.0. The molecular formula is C42H39F3N4O8S. The van der Waals surface area contributed by atoms with Gasteiger partial charge in [0.1, 0.15) is 43.3 Å². The maximum absolute atomic E-state index is 15.9. The molecule has 1 aliphatic rings. The zero-order chi connectivity index (χ0) is 41.5. The van der Waals surface area contributed by atoms with E-state index in [1.165, 1.54) is 59.4 Å². The first-order valence-electron chi connectivity index (χ1n) is 18.0. The molecular weight excluding hydrogens is 778 g/mol. The van der Waals surface area contributed by atoms with Crippen LogP contribution in [0.2, 0.25) is 0 Å². The first-order valence-corrected chi connectivity index (χ1v) is 18.9. The number of thioether (sulfide) groups is 1. The Balaban J connectivity index is 1.33. The fourth-order valence-corrected chi connectivity index (χ4v) is 7.21. The molecule has 0 saturated carbocycles. The molecule has 4 aromatic rings. The Hall–Kier alpha value is -6.02. The van der Waals surface area contributed by atoms with E-state index in [2.05, 4.69) is 16.7 Å². The van der Waals surface area contributed by atoms with E-state index >= 15 is 4.39 Å². The molecule has 0 aliphatic carbocycles. The number of halogens is 3. The molecule has 302 valence electrons. The summed E-state index contributed by atoms with van der Waals surface area (Å²) in [7, 11) is 0. The van der Waals surface area contributed by atoms with Gasteiger partial charge in [0.05, 0.1) is 55.0 Å². The first kappa shape index (κ1) is 43.1. The summed E-state index contributed by atoms with van der Waals surface area (Å²) in [6.07, 6.45) is 9.26. The normalized spacial score (nSPS) is 16.9. The second-order valence-corrected chi connectivity index (χ2v) is 14.5. The fraction of sp³-hybridized carbons (Fsp3) is 0.286. The summed E-state index contributed by atoms with van der Waals surface area (Å²) in [6, 6.07) is 15.3. The number of hydrogen-bond donors (Lipinski definition) is 0. The van der Waals surface area contributed by atoms with Gasteiger partial charge < -0.3 is 23.7 Å². The van der Waals surface area contributed by atoms with Crippen molar-refractivity contribution < 1.29 is 51.2 Å². The number of hydrogen-bond acceptors (Lipinski definition) is 12. The Morgan fingerprint density at radius 3 is 2.48 bits per heavy atom. The molecule has 0 unspecified atom stereocenters. The quantitative estimate of drug-likeness (QED) is 0.0440. The van der Waals surface area contributed by atoms with Crippen molar-refractivity contribution in [3.8, 4) is 6.07 Å². The van der Waals surface area contributed by atoms with Gasteiger partial charge in [-0.05, 0) is 43.3 Å².